The summed E-state index contributed by atoms with van der Waals surface area (Å²) in [6, 6.07) is 0. The van der Waals surface area contributed by atoms with Crippen LogP contribution in [0, 0.1) is 0 Å². The number of ether oxygens (including phenoxy) is 1. The summed E-state index contributed by atoms with van der Waals surface area (Å²) in [6.07, 6.45) is 3.09. The maximum atomic E-state index is 11.2. The van der Waals surface area contributed by atoms with E-state index in [2.05, 4.69) is 0 Å². The normalized spacial score (nSPS) is 11.1. The smallest absolute Gasteiger partial charge is 0.334 e. The summed E-state index contributed by atoms with van der Waals surface area (Å²) in [5.41, 5.74) is 0.237. The Morgan fingerprint density at radius 1 is 1.36 bits per heavy atom. The number of carboxylic acid groups (broad SMARTS) is 1. The third-order valence-electron chi connectivity index (χ3n) is 1.63. The topological polar surface area (TPSA) is 63.6 Å². The van der Waals surface area contributed by atoms with Crippen LogP contribution in [0.15, 0.2) is 11.6 Å². The van der Waals surface area contributed by atoms with Crippen molar-refractivity contribution in [1.29, 1.82) is 0 Å². The summed E-state index contributed by atoms with van der Waals surface area (Å²) in [4.78, 5) is 21.6. The molecule has 0 aliphatic heterocycles. The molecule has 0 aromatic heterocycles. The van der Waals surface area contributed by atoms with Crippen molar-refractivity contribution in [1.82, 2.24) is 0 Å². The predicted octanol–water partition coefficient (Wildman–Crippen LogP) is 1.75. The molecule has 0 aliphatic rings. The number of aliphatic carboxylic acids is 1. The van der Waals surface area contributed by atoms with Gasteiger partial charge >= 0.3 is 11.9 Å². The molecule has 4 heteroatoms. The first-order valence-corrected chi connectivity index (χ1v) is 4.72. The lowest BCUT2D eigenvalue weighted by Crippen LogP contribution is -2.09. The van der Waals surface area contributed by atoms with Crippen LogP contribution in [-0.2, 0) is 14.3 Å². The van der Waals surface area contributed by atoms with Crippen LogP contribution in [0.5, 0.6) is 0 Å². The second-order valence-electron chi connectivity index (χ2n) is 2.83. The molecule has 0 aliphatic carbocycles. The average Bonchev–Trinajstić information content (AvgIpc) is 2.12. The van der Waals surface area contributed by atoms with Crippen molar-refractivity contribution in [3.8, 4) is 0 Å². The van der Waals surface area contributed by atoms with Crippen LogP contribution in [0.25, 0.3) is 0 Å². The number of carbonyl (C=O) groups is 2. The number of carboxylic acids is 1. The zero-order valence-corrected chi connectivity index (χ0v) is 8.58. The zero-order chi connectivity index (χ0) is 11.0. The molecule has 4 nitrogen and oxygen atoms in total. The summed E-state index contributed by atoms with van der Waals surface area (Å²) < 4.78 is 4.73. The second-order valence-corrected chi connectivity index (χ2v) is 2.83. The van der Waals surface area contributed by atoms with E-state index in [1.54, 1.807) is 6.92 Å². The molecular formula is C10H16O4. The molecule has 0 aromatic rings. The minimum Gasteiger partial charge on any atom is -0.478 e. The van der Waals surface area contributed by atoms with Gasteiger partial charge in [0.05, 0.1) is 6.61 Å². The fourth-order valence-electron chi connectivity index (χ4n) is 0.973. The van der Waals surface area contributed by atoms with Crippen molar-refractivity contribution >= 4 is 11.9 Å². The minimum atomic E-state index is -1.11. The van der Waals surface area contributed by atoms with Gasteiger partial charge in [0.2, 0.25) is 0 Å². The van der Waals surface area contributed by atoms with Gasteiger partial charge in [0.25, 0.3) is 0 Å². The van der Waals surface area contributed by atoms with Gasteiger partial charge in [-0.1, -0.05) is 13.3 Å². The highest BCUT2D eigenvalue weighted by Crippen LogP contribution is 2.09. The van der Waals surface area contributed by atoms with E-state index >= 15 is 0 Å². The largest absolute Gasteiger partial charge is 0.478 e. The Morgan fingerprint density at radius 3 is 2.43 bits per heavy atom. The standard InChI is InChI=1S/C10H16O4/c1-3-5-6-8(7-9(11)12)10(13)14-4-2/h7H,3-6H2,1-2H3,(H,11,12). The van der Waals surface area contributed by atoms with E-state index < -0.39 is 11.9 Å². The lowest BCUT2D eigenvalue weighted by molar-refractivity contribution is -0.139. The van der Waals surface area contributed by atoms with Crippen molar-refractivity contribution in [3.63, 3.8) is 0 Å². The van der Waals surface area contributed by atoms with Gasteiger partial charge in [-0.05, 0) is 19.8 Å². The van der Waals surface area contributed by atoms with E-state index in [1.807, 2.05) is 6.92 Å². The summed E-state index contributed by atoms with van der Waals surface area (Å²) in [5.74, 6) is -1.63. The number of unbranched alkanes of at least 4 members (excludes halogenated alkanes) is 1. The van der Waals surface area contributed by atoms with Gasteiger partial charge in [-0.2, -0.15) is 0 Å². The first-order valence-electron chi connectivity index (χ1n) is 4.72. The van der Waals surface area contributed by atoms with Gasteiger partial charge in [-0.25, -0.2) is 9.59 Å². The highest BCUT2D eigenvalue weighted by atomic mass is 16.5. The van der Waals surface area contributed by atoms with Crippen LogP contribution in [-0.4, -0.2) is 23.7 Å². The lowest BCUT2D eigenvalue weighted by Gasteiger charge is -2.04. The lowest BCUT2D eigenvalue weighted by atomic mass is 10.1. The van der Waals surface area contributed by atoms with Crippen LogP contribution < -0.4 is 0 Å². The molecule has 14 heavy (non-hydrogen) atoms. The summed E-state index contributed by atoms with van der Waals surface area (Å²) in [7, 11) is 0. The summed E-state index contributed by atoms with van der Waals surface area (Å²) in [5, 5.41) is 8.52. The van der Waals surface area contributed by atoms with Crippen LogP contribution in [0.3, 0.4) is 0 Å². The van der Waals surface area contributed by atoms with Gasteiger partial charge in [0, 0.05) is 11.6 Å². The number of carbonyl (C=O) groups excluding carboxylic acids is 1. The molecule has 80 valence electrons. The highest BCUT2D eigenvalue weighted by molar-refractivity contribution is 5.95. The molecule has 0 fully saturated rings. The third-order valence-corrected chi connectivity index (χ3v) is 1.63. The molecule has 0 radical (unpaired) electrons. The Labute approximate surface area is 83.6 Å². The van der Waals surface area contributed by atoms with E-state index in [1.165, 1.54) is 0 Å². The van der Waals surface area contributed by atoms with E-state index in [4.69, 9.17) is 9.84 Å². The second kappa shape index (κ2) is 7.12. The predicted molar refractivity (Wildman–Crippen MR) is 51.9 cm³/mol. The van der Waals surface area contributed by atoms with Crippen LogP contribution in [0.1, 0.15) is 33.1 Å². The number of rotatable bonds is 6. The fourth-order valence-corrected chi connectivity index (χ4v) is 0.973. The number of hydrogen-bond donors (Lipinski definition) is 1. The quantitative estimate of drug-likeness (QED) is 0.524. The van der Waals surface area contributed by atoms with E-state index in [0.29, 0.717) is 6.42 Å². The van der Waals surface area contributed by atoms with Gasteiger partial charge in [0.15, 0.2) is 0 Å². The summed E-state index contributed by atoms with van der Waals surface area (Å²) >= 11 is 0. The molecule has 0 amide bonds. The molecular weight excluding hydrogens is 184 g/mol. The average molecular weight is 200 g/mol. The zero-order valence-electron chi connectivity index (χ0n) is 8.58. The summed E-state index contributed by atoms with van der Waals surface area (Å²) in [6.45, 7) is 3.93. The molecule has 0 bridgehead atoms. The molecule has 0 rings (SSSR count). The van der Waals surface area contributed by atoms with Gasteiger partial charge < -0.3 is 9.84 Å². The maximum absolute atomic E-state index is 11.2. The molecule has 0 atom stereocenters. The monoisotopic (exact) mass is 200 g/mol. The van der Waals surface area contributed by atoms with Gasteiger partial charge in [-0.3, -0.25) is 0 Å². The highest BCUT2D eigenvalue weighted by Gasteiger charge is 2.11. The SMILES string of the molecule is CCCCC(=CC(=O)O)C(=O)OCC. The van der Waals surface area contributed by atoms with Crippen molar-refractivity contribution in [2.75, 3.05) is 6.61 Å². The van der Waals surface area contributed by atoms with Gasteiger partial charge in [-0.15, -0.1) is 0 Å². The van der Waals surface area contributed by atoms with Crippen LogP contribution in [0.4, 0.5) is 0 Å². The Hall–Kier alpha value is -1.32. The molecule has 0 saturated carbocycles. The Balaban J connectivity index is 4.38. The van der Waals surface area contributed by atoms with Crippen molar-refractivity contribution in [3.05, 3.63) is 11.6 Å². The molecule has 0 spiro atoms. The molecule has 0 heterocycles. The molecule has 0 aromatic carbocycles. The first-order chi connectivity index (χ1) is 6.61. The Morgan fingerprint density at radius 2 is 2.00 bits per heavy atom. The molecule has 0 saturated heterocycles. The molecule has 1 N–H and O–H groups in total. The van der Waals surface area contributed by atoms with Gasteiger partial charge in [0.1, 0.15) is 0 Å². The third kappa shape index (κ3) is 5.35. The fraction of sp³-hybridized carbons (Fsp3) is 0.600. The van der Waals surface area contributed by atoms with Crippen LogP contribution in [0.2, 0.25) is 0 Å². The van der Waals surface area contributed by atoms with Crippen molar-refractivity contribution in [2.24, 2.45) is 0 Å². The minimum absolute atomic E-state index is 0.237. The Kier molecular flexibility index (Phi) is 6.45. The number of hydrogen-bond acceptors (Lipinski definition) is 3. The van der Waals surface area contributed by atoms with E-state index in [0.717, 1.165) is 18.9 Å². The van der Waals surface area contributed by atoms with Crippen LogP contribution >= 0.6 is 0 Å². The van der Waals surface area contributed by atoms with Crippen molar-refractivity contribution < 1.29 is 19.4 Å². The Bertz CT molecular complexity index is 230. The number of esters is 1. The first kappa shape index (κ1) is 12.7. The van der Waals surface area contributed by atoms with E-state index in [-0.39, 0.29) is 12.2 Å². The van der Waals surface area contributed by atoms with Crippen molar-refractivity contribution in [2.45, 2.75) is 33.1 Å². The maximum Gasteiger partial charge on any atom is 0.334 e. The van der Waals surface area contributed by atoms with E-state index in [9.17, 15) is 9.59 Å². The molecule has 0 unspecified atom stereocenters.